The molecular weight excluding hydrogens is 260 g/mol. The third-order valence-corrected chi connectivity index (χ3v) is 3.62. The van der Waals surface area contributed by atoms with Gasteiger partial charge < -0.3 is 10.1 Å². The van der Waals surface area contributed by atoms with Crippen LogP contribution in [-0.2, 0) is 0 Å². The Kier molecular flexibility index (Phi) is 4.67. The number of aromatic nitrogens is 3. The Morgan fingerprint density at radius 3 is 3.06 bits per heavy atom. The third-order valence-electron chi connectivity index (χ3n) is 2.29. The molecule has 94 valence electrons. The number of anilines is 1. The van der Waals surface area contributed by atoms with Crippen molar-refractivity contribution in [1.82, 2.24) is 15.0 Å². The zero-order chi connectivity index (χ0) is 12.1. The highest BCUT2D eigenvalue weighted by atomic mass is 35.5. The molecule has 0 spiro atoms. The largest absolute Gasteiger partial charge is 0.463 e. The van der Waals surface area contributed by atoms with Crippen LogP contribution in [0.2, 0.25) is 5.28 Å². The topological polar surface area (TPSA) is 59.9 Å². The molecule has 7 heteroatoms. The number of thioether (sulfide) groups is 1. The van der Waals surface area contributed by atoms with Gasteiger partial charge in [0.1, 0.15) is 0 Å². The number of halogens is 1. The van der Waals surface area contributed by atoms with Crippen LogP contribution in [-0.4, -0.2) is 39.1 Å². The molecule has 0 bridgehead atoms. The number of nitrogens with one attached hydrogen (secondary N) is 1. The van der Waals surface area contributed by atoms with Crippen molar-refractivity contribution in [3.05, 3.63) is 5.28 Å². The highest BCUT2D eigenvalue weighted by Gasteiger charge is 2.17. The predicted molar refractivity (Wildman–Crippen MR) is 70.0 cm³/mol. The fourth-order valence-corrected chi connectivity index (χ4v) is 2.79. The SMILES string of the molecule is CCCOc1nc(Cl)nc(NC2CCSC2)n1. The Hall–Kier alpha value is -0.750. The van der Waals surface area contributed by atoms with Gasteiger partial charge in [-0.3, -0.25) is 0 Å². The molecule has 0 saturated carbocycles. The molecule has 1 atom stereocenters. The number of hydrogen-bond donors (Lipinski definition) is 1. The van der Waals surface area contributed by atoms with E-state index in [1.807, 2.05) is 18.7 Å². The van der Waals surface area contributed by atoms with Crippen molar-refractivity contribution in [3.8, 4) is 6.01 Å². The maximum Gasteiger partial charge on any atom is 0.322 e. The lowest BCUT2D eigenvalue weighted by Gasteiger charge is -2.11. The summed E-state index contributed by atoms with van der Waals surface area (Å²) < 4.78 is 5.35. The van der Waals surface area contributed by atoms with Crippen LogP contribution in [0.3, 0.4) is 0 Å². The van der Waals surface area contributed by atoms with Crippen molar-refractivity contribution < 1.29 is 4.74 Å². The first-order valence-electron chi connectivity index (χ1n) is 5.66. The molecule has 0 aromatic carbocycles. The summed E-state index contributed by atoms with van der Waals surface area (Å²) in [4.78, 5) is 12.2. The van der Waals surface area contributed by atoms with Gasteiger partial charge in [-0.15, -0.1) is 0 Å². The maximum atomic E-state index is 5.83. The van der Waals surface area contributed by atoms with E-state index in [-0.39, 0.29) is 5.28 Å². The Bertz CT molecular complexity index is 373. The zero-order valence-electron chi connectivity index (χ0n) is 9.65. The second-order valence-electron chi connectivity index (χ2n) is 3.76. The van der Waals surface area contributed by atoms with E-state index >= 15 is 0 Å². The van der Waals surface area contributed by atoms with E-state index in [0.717, 1.165) is 18.6 Å². The molecule has 5 nitrogen and oxygen atoms in total. The van der Waals surface area contributed by atoms with E-state index in [4.69, 9.17) is 16.3 Å². The summed E-state index contributed by atoms with van der Waals surface area (Å²) in [5.41, 5.74) is 0. The van der Waals surface area contributed by atoms with E-state index in [2.05, 4.69) is 20.3 Å². The van der Waals surface area contributed by atoms with Crippen molar-refractivity contribution in [3.63, 3.8) is 0 Å². The Morgan fingerprint density at radius 1 is 1.47 bits per heavy atom. The Morgan fingerprint density at radius 2 is 2.35 bits per heavy atom. The van der Waals surface area contributed by atoms with Gasteiger partial charge in [-0.05, 0) is 30.2 Å². The molecule has 1 aromatic heterocycles. The predicted octanol–water partition coefficient (Wildman–Crippen LogP) is 2.23. The van der Waals surface area contributed by atoms with E-state index in [0.29, 0.717) is 24.6 Å². The minimum absolute atomic E-state index is 0.166. The summed E-state index contributed by atoms with van der Waals surface area (Å²) in [6.07, 6.45) is 2.03. The quantitative estimate of drug-likeness (QED) is 0.889. The van der Waals surface area contributed by atoms with Gasteiger partial charge in [-0.2, -0.15) is 26.7 Å². The fraction of sp³-hybridized carbons (Fsp3) is 0.700. The lowest BCUT2D eigenvalue weighted by atomic mass is 10.3. The number of ether oxygens (including phenoxy) is 1. The molecular formula is C10H15ClN4OS. The van der Waals surface area contributed by atoms with Crippen LogP contribution >= 0.6 is 23.4 Å². The molecule has 1 aliphatic rings. The molecule has 1 saturated heterocycles. The standard InChI is InChI=1S/C10H15ClN4OS/c1-2-4-16-10-14-8(11)13-9(15-10)12-7-3-5-17-6-7/h7H,2-6H2,1H3,(H,12,13,14,15). The van der Waals surface area contributed by atoms with Crippen molar-refractivity contribution in [2.75, 3.05) is 23.4 Å². The molecule has 1 fully saturated rings. The molecule has 1 aliphatic heterocycles. The van der Waals surface area contributed by atoms with Gasteiger partial charge in [0.2, 0.25) is 11.2 Å². The summed E-state index contributed by atoms with van der Waals surface area (Å²) in [5.74, 6) is 2.76. The van der Waals surface area contributed by atoms with Crippen LogP contribution in [0.15, 0.2) is 0 Å². The average molecular weight is 275 g/mol. The van der Waals surface area contributed by atoms with Gasteiger partial charge in [-0.25, -0.2) is 0 Å². The molecule has 1 unspecified atom stereocenters. The van der Waals surface area contributed by atoms with Crippen LogP contribution in [0.4, 0.5) is 5.95 Å². The normalized spacial score (nSPS) is 19.3. The van der Waals surface area contributed by atoms with Crippen molar-refractivity contribution in [2.24, 2.45) is 0 Å². The summed E-state index contributed by atoms with van der Waals surface area (Å²) in [6, 6.07) is 0.706. The van der Waals surface area contributed by atoms with Crippen LogP contribution < -0.4 is 10.1 Å². The van der Waals surface area contributed by atoms with E-state index in [1.54, 1.807) is 0 Å². The van der Waals surface area contributed by atoms with E-state index in [1.165, 1.54) is 5.75 Å². The second kappa shape index (κ2) is 6.26. The van der Waals surface area contributed by atoms with Crippen LogP contribution in [0.5, 0.6) is 6.01 Å². The monoisotopic (exact) mass is 274 g/mol. The molecule has 0 radical (unpaired) electrons. The second-order valence-corrected chi connectivity index (χ2v) is 5.25. The number of rotatable bonds is 5. The smallest absolute Gasteiger partial charge is 0.322 e. The number of nitrogens with zero attached hydrogens (tertiary/aromatic N) is 3. The van der Waals surface area contributed by atoms with Crippen LogP contribution in [0, 0.1) is 0 Å². The Balaban J connectivity index is 2.02. The van der Waals surface area contributed by atoms with Gasteiger partial charge in [-0.1, -0.05) is 6.92 Å². The summed E-state index contributed by atoms with van der Waals surface area (Å²) in [5, 5.41) is 3.42. The van der Waals surface area contributed by atoms with Gasteiger partial charge in [0.05, 0.1) is 6.61 Å². The van der Waals surface area contributed by atoms with Crippen molar-refractivity contribution >= 4 is 29.3 Å². The number of hydrogen-bond acceptors (Lipinski definition) is 6. The van der Waals surface area contributed by atoms with Gasteiger partial charge in [0.25, 0.3) is 0 Å². The third kappa shape index (κ3) is 3.89. The van der Waals surface area contributed by atoms with Crippen molar-refractivity contribution in [1.29, 1.82) is 0 Å². The minimum atomic E-state index is 0.166. The first-order chi connectivity index (χ1) is 8.28. The summed E-state index contributed by atoms with van der Waals surface area (Å²) in [7, 11) is 0. The van der Waals surface area contributed by atoms with Gasteiger partial charge in [0.15, 0.2) is 0 Å². The summed E-state index contributed by atoms with van der Waals surface area (Å²) in [6.45, 7) is 2.61. The molecule has 0 amide bonds. The molecule has 1 N–H and O–H groups in total. The molecule has 17 heavy (non-hydrogen) atoms. The molecule has 0 aliphatic carbocycles. The Labute approximate surface area is 110 Å². The molecule has 2 heterocycles. The van der Waals surface area contributed by atoms with Crippen molar-refractivity contribution in [2.45, 2.75) is 25.8 Å². The highest BCUT2D eigenvalue weighted by Crippen LogP contribution is 2.21. The van der Waals surface area contributed by atoms with E-state index < -0.39 is 0 Å². The van der Waals surface area contributed by atoms with Gasteiger partial charge >= 0.3 is 6.01 Å². The highest BCUT2D eigenvalue weighted by molar-refractivity contribution is 7.99. The minimum Gasteiger partial charge on any atom is -0.463 e. The van der Waals surface area contributed by atoms with Gasteiger partial charge in [0, 0.05) is 11.8 Å². The maximum absolute atomic E-state index is 5.83. The van der Waals surface area contributed by atoms with E-state index in [9.17, 15) is 0 Å². The lowest BCUT2D eigenvalue weighted by molar-refractivity contribution is 0.291. The first kappa shape index (κ1) is 12.7. The lowest BCUT2D eigenvalue weighted by Crippen LogP contribution is -2.20. The zero-order valence-corrected chi connectivity index (χ0v) is 11.2. The summed E-state index contributed by atoms with van der Waals surface area (Å²) >= 11 is 7.75. The fourth-order valence-electron chi connectivity index (χ4n) is 1.49. The van der Waals surface area contributed by atoms with Crippen LogP contribution in [0.1, 0.15) is 19.8 Å². The average Bonchev–Trinajstić information content (AvgIpc) is 2.78. The first-order valence-corrected chi connectivity index (χ1v) is 7.20. The van der Waals surface area contributed by atoms with Crippen LogP contribution in [0.25, 0.3) is 0 Å². The molecule has 2 rings (SSSR count). The molecule has 1 aromatic rings.